The lowest BCUT2D eigenvalue weighted by atomic mass is 9.82. The van der Waals surface area contributed by atoms with Gasteiger partial charge < -0.3 is 0 Å². The Balaban J connectivity index is 1.12. The average Bonchev–Trinajstić information content (AvgIpc) is 3.85. The molecular formula is C62H40N4. The minimum Gasteiger partial charge on any atom is -0.277 e. The van der Waals surface area contributed by atoms with Crippen LogP contribution in [0.25, 0.3) is 127 Å². The summed E-state index contributed by atoms with van der Waals surface area (Å²) in [5, 5.41) is 14.2. The van der Waals surface area contributed by atoms with Crippen molar-refractivity contribution in [2.45, 2.75) is 19.3 Å². The first-order valence-electron chi connectivity index (χ1n) is 22.8. The lowest BCUT2D eigenvalue weighted by Gasteiger charge is -2.21. The third kappa shape index (κ3) is 5.30. The molecule has 308 valence electrons. The third-order valence-electron chi connectivity index (χ3n) is 14.4. The monoisotopic (exact) mass is 840 g/mol. The van der Waals surface area contributed by atoms with Crippen molar-refractivity contribution in [1.29, 1.82) is 0 Å². The van der Waals surface area contributed by atoms with Crippen LogP contribution in [-0.2, 0) is 5.41 Å². The fourth-order valence-electron chi connectivity index (χ4n) is 11.2. The number of rotatable bonds is 4. The van der Waals surface area contributed by atoms with Gasteiger partial charge in [-0.05, 0) is 94.5 Å². The average molecular weight is 841 g/mol. The van der Waals surface area contributed by atoms with E-state index in [1.807, 2.05) is 0 Å². The van der Waals surface area contributed by atoms with E-state index in [-0.39, 0.29) is 5.41 Å². The van der Waals surface area contributed by atoms with Crippen LogP contribution in [0.15, 0.2) is 206 Å². The van der Waals surface area contributed by atoms with Gasteiger partial charge in [-0.3, -0.25) is 4.57 Å². The van der Waals surface area contributed by atoms with Crippen LogP contribution in [0.5, 0.6) is 0 Å². The second kappa shape index (κ2) is 13.8. The van der Waals surface area contributed by atoms with Crippen molar-refractivity contribution in [3.05, 3.63) is 217 Å². The Hall–Kier alpha value is -8.47. The normalized spacial score (nSPS) is 13.1. The summed E-state index contributed by atoms with van der Waals surface area (Å²) in [7, 11) is 0. The van der Waals surface area contributed by atoms with Crippen molar-refractivity contribution >= 4 is 75.7 Å². The summed E-state index contributed by atoms with van der Waals surface area (Å²) in [4.78, 5) is 16.4. The summed E-state index contributed by atoms with van der Waals surface area (Å²) in [5.41, 5.74) is 11.5. The van der Waals surface area contributed by atoms with E-state index < -0.39 is 0 Å². The van der Waals surface area contributed by atoms with E-state index in [4.69, 9.17) is 15.0 Å². The Morgan fingerprint density at radius 3 is 1.55 bits per heavy atom. The molecule has 1 aliphatic rings. The summed E-state index contributed by atoms with van der Waals surface area (Å²) in [6.07, 6.45) is 0. The fraction of sp³-hybridized carbons (Fsp3) is 0.0484. The number of nitrogens with zero attached hydrogens (tertiary/aromatic N) is 4. The van der Waals surface area contributed by atoms with Crippen molar-refractivity contribution in [1.82, 2.24) is 19.5 Å². The number of hydrogen-bond acceptors (Lipinski definition) is 3. The molecule has 4 nitrogen and oxygen atoms in total. The molecule has 2 heterocycles. The fourth-order valence-corrected chi connectivity index (χ4v) is 11.2. The second-order valence-electron chi connectivity index (χ2n) is 18.4. The summed E-state index contributed by atoms with van der Waals surface area (Å²) in [6, 6.07) is 74.9. The van der Waals surface area contributed by atoms with E-state index in [1.165, 1.54) is 65.3 Å². The molecule has 0 saturated heterocycles. The quantitative estimate of drug-likeness (QED) is 0.166. The molecule has 0 atom stereocenters. The second-order valence-corrected chi connectivity index (χ2v) is 18.4. The van der Waals surface area contributed by atoms with Gasteiger partial charge in [0.05, 0.1) is 11.0 Å². The first-order chi connectivity index (χ1) is 32.5. The highest BCUT2D eigenvalue weighted by atomic mass is 15.2. The Bertz CT molecular complexity index is 4120. The summed E-state index contributed by atoms with van der Waals surface area (Å²) < 4.78 is 2.35. The lowest BCUT2D eigenvalue weighted by Crippen LogP contribution is -2.14. The molecule has 1 aliphatic carbocycles. The highest BCUT2D eigenvalue weighted by molar-refractivity contribution is 6.33. The van der Waals surface area contributed by atoms with Gasteiger partial charge in [-0.2, -0.15) is 9.97 Å². The molecule has 0 saturated carbocycles. The van der Waals surface area contributed by atoms with E-state index in [2.05, 4.69) is 225 Å². The number of benzene rings is 11. The van der Waals surface area contributed by atoms with Crippen molar-refractivity contribution in [2.24, 2.45) is 0 Å². The maximum Gasteiger partial charge on any atom is 0.238 e. The van der Waals surface area contributed by atoms with Crippen LogP contribution in [-0.4, -0.2) is 19.5 Å². The van der Waals surface area contributed by atoms with Crippen LogP contribution < -0.4 is 0 Å². The number of para-hydroxylation sites is 1. The van der Waals surface area contributed by atoms with Crippen LogP contribution in [0.1, 0.15) is 25.0 Å². The zero-order valence-corrected chi connectivity index (χ0v) is 36.4. The number of fused-ring (bicyclic) bond motifs is 15. The molecule has 2 aromatic heterocycles. The molecule has 0 N–H and O–H groups in total. The van der Waals surface area contributed by atoms with Crippen LogP contribution in [0.2, 0.25) is 0 Å². The Morgan fingerprint density at radius 2 is 0.864 bits per heavy atom. The third-order valence-corrected chi connectivity index (χ3v) is 14.4. The molecule has 0 unspecified atom stereocenters. The standard InChI is InChI=1S/C62H40N4/c1-62(2)53-32-31-42(36-52(53)55-45-19-8-7-16-39(45)30-33-54(55)62)46-24-13-25-51-56-49-22-11-9-20-47(49)48-21-10-12-23-50(48)58(56)66(57(46)51)61-64-59(43-28-26-37-14-3-5-17-40(37)34-43)63-60(65-61)44-29-27-38-15-4-6-18-41(38)35-44/h3-36H,1-2H3. The van der Waals surface area contributed by atoms with Crippen LogP contribution in [0.3, 0.4) is 0 Å². The Morgan fingerprint density at radius 1 is 0.348 bits per heavy atom. The Kier molecular flexibility index (Phi) is 7.71. The van der Waals surface area contributed by atoms with Crippen LogP contribution in [0, 0.1) is 0 Å². The molecule has 14 rings (SSSR count). The highest BCUT2D eigenvalue weighted by Gasteiger charge is 2.37. The molecule has 0 amide bonds. The number of hydrogen-bond donors (Lipinski definition) is 0. The molecule has 13 aromatic rings. The molecule has 0 spiro atoms. The van der Waals surface area contributed by atoms with E-state index in [9.17, 15) is 0 Å². The minimum absolute atomic E-state index is 0.144. The van der Waals surface area contributed by atoms with Crippen molar-refractivity contribution in [3.63, 3.8) is 0 Å². The predicted molar refractivity (Wildman–Crippen MR) is 276 cm³/mol. The van der Waals surface area contributed by atoms with Gasteiger partial charge in [0.1, 0.15) is 0 Å². The first-order valence-corrected chi connectivity index (χ1v) is 22.8. The van der Waals surface area contributed by atoms with E-state index in [0.29, 0.717) is 17.6 Å². The van der Waals surface area contributed by atoms with Gasteiger partial charge >= 0.3 is 0 Å². The van der Waals surface area contributed by atoms with Gasteiger partial charge in [-0.25, -0.2) is 4.98 Å². The van der Waals surface area contributed by atoms with E-state index in [1.54, 1.807) is 0 Å². The van der Waals surface area contributed by atoms with Gasteiger partial charge in [0.15, 0.2) is 11.6 Å². The molecular weight excluding hydrogens is 801 g/mol. The Labute approximate surface area is 381 Å². The molecule has 4 heteroatoms. The summed E-state index contributed by atoms with van der Waals surface area (Å²) in [6.45, 7) is 4.73. The molecule has 0 bridgehead atoms. The minimum atomic E-state index is -0.144. The van der Waals surface area contributed by atoms with Gasteiger partial charge in [-0.15, -0.1) is 0 Å². The maximum atomic E-state index is 5.54. The SMILES string of the molecule is CC1(C)c2ccc(-c3cccc4c5c6ccccc6c6ccccc6c5n(-c5nc(-c6ccc7ccccc7c6)nc(-c6ccc7ccccc7c6)n5)c34)cc2-c2c1ccc1ccccc21. The highest BCUT2D eigenvalue weighted by Crippen LogP contribution is 2.53. The lowest BCUT2D eigenvalue weighted by molar-refractivity contribution is 0.661. The van der Waals surface area contributed by atoms with E-state index >= 15 is 0 Å². The largest absolute Gasteiger partial charge is 0.277 e. The van der Waals surface area contributed by atoms with Crippen molar-refractivity contribution < 1.29 is 0 Å². The maximum absolute atomic E-state index is 5.54. The van der Waals surface area contributed by atoms with E-state index in [0.717, 1.165) is 54.8 Å². The summed E-state index contributed by atoms with van der Waals surface area (Å²) >= 11 is 0. The molecule has 66 heavy (non-hydrogen) atoms. The van der Waals surface area contributed by atoms with Gasteiger partial charge in [-0.1, -0.05) is 202 Å². The predicted octanol–water partition coefficient (Wildman–Crippen LogP) is 16.0. The van der Waals surface area contributed by atoms with Crippen molar-refractivity contribution in [2.75, 3.05) is 0 Å². The molecule has 11 aromatic carbocycles. The topological polar surface area (TPSA) is 43.6 Å². The zero-order chi connectivity index (χ0) is 43.7. The van der Waals surface area contributed by atoms with Gasteiger partial charge in [0, 0.05) is 38.3 Å². The van der Waals surface area contributed by atoms with Crippen molar-refractivity contribution in [3.8, 4) is 51.0 Å². The summed E-state index contributed by atoms with van der Waals surface area (Å²) in [5.74, 6) is 1.81. The molecule has 0 aliphatic heterocycles. The van der Waals surface area contributed by atoms with Crippen LogP contribution >= 0.6 is 0 Å². The van der Waals surface area contributed by atoms with Gasteiger partial charge in [0.2, 0.25) is 5.95 Å². The molecule has 0 fully saturated rings. The van der Waals surface area contributed by atoms with Gasteiger partial charge in [0.25, 0.3) is 0 Å². The van der Waals surface area contributed by atoms with Crippen LogP contribution in [0.4, 0.5) is 0 Å². The smallest absolute Gasteiger partial charge is 0.238 e. The zero-order valence-electron chi connectivity index (χ0n) is 36.4. The first kappa shape index (κ1) is 37.0. The number of aromatic nitrogens is 4. The molecule has 0 radical (unpaired) electrons.